The van der Waals surface area contributed by atoms with E-state index in [9.17, 15) is 4.91 Å². The molecule has 1 rings (SSSR count). The van der Waals surface area contributed by atoms with Crippen LogP contribution in [0.5, 0.6) is 0 Å². The van der Waals surface area contributed by atoms with Gasteiger partial charge in [-0.3, -0.25) is 9.99 Å². The summed E-state index contributed by atoms with van der Waals surface area (Å²) in [7, 11) is 1.68. The number of unbranched alkanes of at least 4 members (excludes halogenated alkanes) is 1. The highest BCUT2D eigenvalue weighted by molar-refractivity contribution is 5.17. The summed E-state index contributed by atoms with van der Waals surface area (Å²) in [5.74, 6) is 0. The predicted octanol–water partition coefficient (Wildman–Crippen LogP) is 2.03. The lowest BCUT2D eigenvalue weighted by molar-refractivity contribution is 0.343. The molecule has 0 aromatic carbocycles. The Morgan fingerprint density at radius 1 is 1.64 bits per heavy atom. The topological polar surface area (TPSA) is 45.6 Å². The summed E-state index contributed by atoms with van der Waals surface area (Å²) in [6, 6.07) is 3.92. The number of rotatable bonds is 6. The zero-order valence-electron chi connectivity index (χ0n) is 8.26. The Kier molecular flexibility index (Phi) is 4.61. The van der Waals surface area contributed by atoms with Gasteiger partial charge in [0.05, 0.1) is 5.29 Å². The fourth-order valence-corrected chi connectivity index (χ4v) is 1.13. The van der Waals surface area contributed by atoms with Crippen LogP contribution < -0.4 is 0 Å². The summed E-state index contributed by atoms with van der Waals surface area (Å²) >= 11 is 0. The molecule has 0 aliphatic rings. The van der Waals surface area contributed by atoms with Crippen molar-refractivity contribution in [2.75, 3.05) is 13.6 Å². The lowest BCUT2D eigenvalue weighted by Crippen LogP contribution is -2.11. The van der Waals surface area contributed by atoms with Crippen LogP contribution in [0.3, 0.4) is 0 Å². The lowest BCUT2D eigenvalue weighted by atomic mass is 10.1. The molecule has 0 saturated carbocycles. The van der Waals surface area contributed by atoms with Crippen LogP contribution in [0.15, 0.2) is 29.8 Å². The van der Waals surface area contributed by atoms with Gasteiger partial charge in [-0.05, 0) is 30.9 Å². The van der Waals surface area contributed by atoms with Crippen molar-refractivity contribution in [1.29, 1.82) is 0 Å². The molecule has 0 N–H and O–H groups in total. The average Bonchev–Trinajstić information content (AvgIpc) is 2.25. The Balaban J connectivity index is 2.13. The van der Waals surface area contributed by atoms with Gasteiger partial charge in [0.1, 0.15) is 0 Å². The van der Waals surface area contributed by atoms with Crippen molar-refractivity contribution < 1.29 is 0 Å². The monoisotopic (exact) mass is 192 g/mol. The number of hydrogen-bond acceptors (Lipinski definition) is 3. The van der Waals surface area contributed by atoms with Crippen LogP contribution >= 0.6 is 0 Å². The third-order valence-corrected chi connectivity index (χ3v) is 1.89. The number of aromatic nitrogens is 1. The first kappa shape index (κ1) is 10.6. The molecule has 0 aliphatic carbocycles. The van der Waals surface area contributed by atoms with E-state index >= 15 is 0 Å². The normalized spacial score (nSPS) is 9.79. The van der Waals surface area contributed by atoms with E-state index in [1.54, 1.807) is 13.2 Å². The molecular weight excluding hydrogens is 178 g/mol. The molecule has 1 heterocycles. The second-order valence-electron chi connectivity index (χ2n) is 3.10. The highest BCUT2D eigenvalue weighted by Gasteiger charge is 1.96. The Labute approximate surface area is 83.9 Å². The third kappa shape index (κ3) is 3.98. The molecule has 0 bridgehead atoms. The number of nitroso groups, excluding NO2 is 1. The third-order valence-electron chi connectivity index (χ3n) is 1.89. The summed E-state index contributed by atoms with van der Waals surface area (Å²) < 4.78 is 0. The van der Waals surface area contributed by atoms with Crippen molar-refractivity contribution >= 4 is 0 Å². The minimum atomic E-state index is 0.695. The first-order valence-corrected chi connectivity index (χ1v) is 4.60. The molecule has 1 aromatic rings. The lowest BCUT2D eigenvalue weighted by Gasteiger charge is -2.07. The van der Waals surface area contributed by atoms with Crippen molar-refractivity contribution in [2.24, 2.45) is 5.29 Å². The Morgan fingerprint density at radius 3 is 3.14 bits per heavy atom. The molecule has 0 fully saturated rings. The summed E-state index contributed by atoms with van der Waals surface area (Å²) in [6.07, 6.45) is 7.54. The van der Waals surface area contributed by atoms with Crippen LogP contribution in [0, 0.1) is 11.3 Å². The van der Waals surface area contributed by atoms with Gasteiger partial charge in [0.15, 0.2) is 0 Å². The maximum absolute atomic E-state index is 10.0. The minimum absolute atomic E-state index is 0.695. The van der Waals surface area contributed by atoms with Gasteiger partial charge in [-0.2, -0.15) is 0 Å². The summed E-state index contributed by atoms with van der Waals surface area (Å²) in [5, 5.41) is 4.19. The average molecular weight is 192 g/mol. The number of hydrogen-bond donors (Lipinski definition) is 0. The van der Waals surface area contributed by atoms with Gasteiger partial charge < -0.3 is 0 Å². The Hall–Kier alpha value is -1.45. The maximum atomic E-state index is 10.0. The van der Waals surface area contributed by atoms with Gasteiger partial charge in [-0.1, -0.05) is 6.07 Å². The van der Waals surface area contributed by atoms with Gasteiger partial charge in [-0.25, -0.2) is 0 Å². The van der Waals surface area contributed by atoms with E-state index < -0.39 is 0 Å². The fraction of sp³-hybridized carbons (Fsp3) is 0.400. The van der Waals surface area contributed by atoms with Crippen molar-refractivity contribution in [3.05, 3.63) is 41.4 Å². The van der Waals surface area contributed by atoms with Crippen LogP contribution in [-0.2, 0) is 0 Å². The Bertz CT molecular complexity index is 263. The van der Waals surface area contributed by atoms with Crippen molar-refractivity contribution in [1.82, 2.24) is 9.99 Å². The summed E-state index contributed by atoms with van der Waals surface area (Å²) in [5.41, 5.74) is 1.12. The van der Waals surface area contributed by atoms with E-state index in [0.717, 1.165) is 18.4 Å². The second kappa shape index (κ2) is 6.07. The molecule has 0 atom stereocenters. The summed E-state index contributed by atoms with van der Waals surface area (Å²) in [4.78, 5) is 14.0. The second-order valence-corrected chi connectivity index (χ2v) is 3.10. The van der Waals surface area contributed by atoms with Gasteiger partial charge in [-0.15, -0.1) is 4.91 Å². The van der Waals surface area contributed by atoms with Gasteiger partial charge in [0.2, 0.25) is 0 Å². The summed E-state index contributed by atoms with van der Waals surface area (Å²) in [6.45, 7) is 0.695. The molecule has 4 nitrogen and oxygen atoms in total. The van der Waals surface area contributed by atoms with E-state index in [4.69, 9.17) is 0 Å². The molecule has 0 saturated heterocycles. The molecular formula is C10H14N3O. The molecule has 1 aromatic heterocycles. The van der Waals surface area contributed by atoms with Crippen LogP contribution in [0.4, 0.5) is 0 Å². The first-order chi connectivity index (χ1) is 6.83. The van der Waals surface area contributed by atoms with E-state index in [2.05, 4.69) is 16.7 Å². The molecule has 1 radical (unpaired) electrons. The zero-order valence-corrected chi connectivity index (χ0v) is 8.26. The van der Waals surface area contributed by atoms with Crippen LogP contribution in [0.2, 0.25) is 0 Å². The van der Waals surface area contributed by atoms with Gasteiger partial charge in [0.25, 0.3) is 0 Å². The van der Waals surface area contributed by atoms with E-state index in [-0.39, 0.29) is 0 Å². The van der Waals surface area contributed by atoms with Crippen molar-refractivity contribution in [2.45, 2.75) is 12.8 Å². The zero-order chi connectivity index (χ0) is 10.2. The molecule has 0 spiro atoms. The molecule has 0 amide bonds. The smallest absolute Gasteiger partial charge is 0.0521 e. The number of nitrogens with zero attached hydrogens (tertiary/aromatic N) is 3. The Morgan fingerprint density at radius 2 is 2.50 bits per heavy atom. The van der Waals surface area contributed by atoms with Crippen LogP contribution in [0.25, 0.3) is 0 Å². The first-order valence-electron chi connectivity index (χ1n) is 4.60. The molecule has 0 aliphatic heterocycles. The fourth-order valence-electron chi connectivity index (χ4n) is 1.13. The highest BCUT2D eigenvalue weighted by atomic mass is 16.3. The predicted molar refractivity (Wildman–Crippen MR) is 55.3 cm³/mol. The van der Waals surface area contributed by atoms with Crippen LogP contribution in [0.1, 0.15) is 18.4 Å². The largest absolute Gasteiger partial charge is 0.264 e. The van der Waals surface area contributed by atoms with Crippen molar-refractivity contribution in [3.63, 3.8) is 0 Å². The molecule has 75 valence electrons. The maximum Gasteiger partial charge on any atom is 0.0521 e. The highest BCUT2D eigenvalue weighted by Crippen LogP contribution is 2.05. The quantitative estimate of drug-likeness (QED) is 0.393. The SMILES string of the molecule is CN(CCC[CH]c1cccnc1)N=O. The van der Waals surface area contributed by atoms with E-state index in [0.29, 0.717) is 6.54 Å². The number of pyridine rings is 1. The van der Waals surface area contributed by atoms with E-state index in [1.807, 2.05) is 18.3 Å². The molecule has 4 heteroatoms. The standard InChI is InChI=1S/C10H14N3O/c1-13(12-14)8-3-2-5-10-6-4-7-11-9-10/h4-7,9H,2-3,8H2,1H3. The van der Waals surface area contributed by atoms with Gasteiger partial charge in [0, 0.05) is 26.0 Å². The van der Waals surface area contributed by atoms with Gasteiger partial charge >= 0.3 is 0 Å². The van der Waals surface area contributed by atoms with Crippen LogP contribution in [-0.4, -0.2) is 23.6 Å². The molecule has 14 heavy (non-hydrogen) atoms. The van der Waals surface area contributed by atoms with Crippen molar-refractivity contribution in [3.8, 4) is 0 Å². The molecule has 0 unspecified atom stereocenters. The minimum Gasteiger partial charge on any atom is -0.264 e. The van der Waals surface area contributed by atoms with E-state index in [1.165, 1.54) is 5.01 Å².